The van der Waals surface area contributed by atoms with E-state index in [2.05, 4.69) is 5.32 Å². The van der Waals surface area contributed by atoms with Crippen LogP contribution in [0.1, 0.15) is 20.7 Å². The van der Waals surface area contributed by atoms with Crippen molar-refractivity contribution in [1.82, 2.24) is 0 Å². The van der Waals surface area contributed by atoms with Gasteiger partial charge in [-0.15, -0.1) is 0 Å². The second-order valence-corrected chi connectivity index (χ2v) is 6.27. The topological polar surface area (TPSA) is 75.6 Å². The van der Waals surface area contributed by atoms with Gasteiger partial charge in [0.2, 0.25) is 0 Å². The maximum Gasteiger partial charge on any atom is 0.337 e. The van der Waals surface area contributed by atoms with Crippen LogP contribution in [0, 0.1) is 0 Å². The van der Waals surface area contributed by atoms with Gasteiger partial charge in [-0.2, -0.15) is 0 Å². The van der Waals surface area contributed by atoms with Crippen LogP contribution in [0.25, 0.3) is 0 Å². The number of amides is 1. The molecule has 3 rings (SSSR count). The second kappa shape index (κ2) is 8.12. The Morgan fingerprint density at radius 3 is 2.37 bits per heavy atom. The molecule has 0 fully saturated rings. The number of halogens is 2. The molecule has 0 radical (unpaired) electrons. The van der Waals surface area contributed by atoms with Crippen LogP contribution < -0.4 is 10.1 Å². The van der Waals surface area contributed by atoms with E-state index in [1.54, 1.807) is 48.5 Å². The quantitative estimate of drug-likeness (QED) is 0.571. The average molecular weight is 402 g/mol. The van der Waals surface area contributed by atoms with E-state index in [1.165, 1.54) is 18.2 Å². The Balaban J connectivity index is 1.92. The number of nitrogens with one attached hydrogen (secondary N) is 1. The third-order valence-electron chi connectivity index (χ3n) is 3.65. The number of rotatable bonds is 5. The number of carbonyl (C=O) groups is 2. The summed E-state index contributed by atoms with van der Waals surface area (Å²) in [6.07, 6.45) is 0. The van der Waals surface area contributed by atoms with E-state index in [1.807, 2.05) is 0 Å². The van der Waals surface area contributed by atoms with Crippen molar-refractivity contribution in [3.8, 4) is 11.5 Å². The molecule has 27 heavy (non-hydrogen) atoms. The second-order valence-electron chi connectivity index (χ2n) is 5.49. The average Bonchev–Trinajstić information content (AvgIpc) is 2.66. The van der Waals surface area contributed by atoms with Crippen LogP contribution in [0.5, 0.6) is 11.5 Å². The van der Waals surface area contributed by atoms with Gasteiger partial charge >= 0.3 is 5.97 Å². The van der Waals surface area contributed by atoms with E-state index in [9.17, 15) is 14.7 Å². The molecule has 0 aromatic heterocycles. The van der Waals surface area contributed by atoms with Crippen molar-refractivity contribution in [3.63, 3.8) is 0 Å². The Bertz CT molecular complexity index is 1010. The summed E-state index contributed by atoms with van der Waals surface area (Å²) in [4.78, 5) is 23.9. The van der Waals surface area contributed by atoms with E-state index >= 15 is 0 Å². The fourth-order valence-electron chi connectivity index (χ4n) is 2.35. The molecule has 0 atom stereocenters. The molecule has 0 bridgehead atoms. The lowest BCUT2D eigenvalue weighted by Gasteiger charge is -2.13. The lowest BCUT2D eigenvalue weighted by atomic mass is 10.1. The highest BCUT2D eigenvalue weighted by Gasteiger charge is 2.16. The normalized spacial score (nSPS) is 10.3. The van der Waals surface area contributed by atoms with Gasteiger partial charge in [-0.1, -0.05) is 47.5 Å². The molecule has 0 saturated heterocycles. The van der Waals surface area contributed by atoms with Gasteiger partial charge < -0.3 is 15.2 Å². The van der Waals surface area contributed by atoms with E-state index in [0.29, 0.717) is 22.1 Å². The zero-order chi connectivity index (χ0) is 19.4. The van der Waals surface area contributed by atoms with Crippen molar-refractivity contribution < 1.29 is 19.4 Å². The molecule has 0 aliphatic rings. The molecule has 3 aromatic carbocycles. The van der Waals surface area contributed by atoms with Crippen LogP contribution in [0.4, 0.5) is 5.69 Å². The minimum atomic E-state index is -1.18. The zero-order valence-corrected chi connectivity index (χ0v) is 15.3. The maximum absolute atomic E-state index is 12.4. The summed E-state index contributed by atoms with van der Waals surface area (Å²) in [6, 6.07) is 17.6. The highest BCUT2D eigenvalue weighted by Crippen LogP contribution is 2.35. The minimum Gasteiger partial charge on any atom is -0.478 e. The summed E-state index contributed by atoms with van der Waals surface area (Å²) in [6.45, 7) is 0. The Hall–Kier alpha value is -3.02. The monoisotopic (exact) mass is 401 g/mol. The number of benzene rings is 3. The van der Waals surface area contributed by atoms with Gasteiger partial charge in [0.1, 0.15) is 16.5 Å². The van der Waals surface area contributed by atoms with Crippen LogP contribution >= 0.6 is 23.2 Å². The molecular formula is C20H13Cl2NO4. The third-order valence-corrected chi connectivity index (χ3v) is 4.45. The summed E-state index contributed by atoms with van der Waals surface area (Å²) < 4.78 is 5.69. The third kappa shape index (κ3) is 4.39. The number of hydrogen-bond acceptors (Lipinski definition) is 3. The number of carbonyl (C=O) groups excluding carboxylic acids is 1. The van der Waals surface area contributed by atoms with Crippen LogP contribution in [-0.4, -0.2) is 17.0 Å². The number of hydrogen-bond donors (Lipinski definition) is 2. The fourth-order valence-corrected chi connectivity index (χ4v) is 2.68. The standard InChI is InChI=1S/C20H13Cl2NO4/c21-15-7-4-8-17(18(15)22)27-13-9-10-14(20(25)26)16(11-13)23-19(24)12-5-2-1-3-6-12/h1-11H,(H,23,24)(H,25,26). The lowest BCUT2D eigenvalue weighted by molar-refractivity contribution is 0.0698. The number of anilines is 1. The molecule has 2 N–H and O–H groups in total. The zero-order valence-electron chi connectivity index (χ0n) is 13.8. The highest BCUT2D eigenvalue weighted by atomic mass is 35.5. The summed E-state index contributed by atoms with van der Waals surface area (Å²) in [5.41, 5.74) is 0.439. The van der Waals surface area contributed by atoms with Crippen LogP contribution in [0.2, 0.25) is 10.0 Å². The maximum atomic E-state index is 12.4. The molecule has 0 unspecified atom stereocenters. The van der Waals surface area contributed by atoms with Gasteiger partial charge in [0.15, 0.2) is 0 Å². The Morgan fingerprint density at radius 2 is 1.67 bits per heavy atom. The largest absolute Gasteiger partial charge is 0.478 e. The first-order valence-corrected chi connectivity index (χ1v) is 8.57. The van der Waals surface area contributed by atoms with Crippen LogP contribution in [-0.2, 0) is 0 Å². The molecule has 7 heteroatoms. The molecular weight excluding hydrogens is 389 g/mol. The predicted octanol–water partition coefficient (Wildman–Crippen LogP) is 5.74. The van der Waals surface area contributed by atoms with E-state index < -0.39 is 11.9 Å². The number of carboxylic acid groups (broad SMARTS) is 1. The molecule has 0 heterocycles. The smallest absolute Gasteiger partial charge is 0.337 e. The van der Waals surface area contributed by atoms with Gasteiger partial charge in [0.05, 0.1) is 16.3 Å². The first-order valence-electron chi connectivity index (χ1n) is 7.81. The number of carboxylic acids is 1. The summed E-state index contributed by atoms with van der Waals surface area (Å²) >= 11 is 12.1. The summed E-state index contributed by atoms with van der Waals surface area (Å²) in [7, 11) is 0. The van der Waals surface area contributed by atoms with Gasteiger partial charge in [0.25, 0.3) is 5.91 Å². The van der Waals surface area contributed by atoms with Crippen molar-refractivity contribution in [1.29, 1.82) is 0 Å². The Morgan fingerprint density at radius 1 is 0.926 bits per heavy atom. The van der Waals surface area contributed by atoms with Gasteiger partial charge in [-0.3, -0.25) is 4.79 Å². The predicted molar refractivity (Wildman–Crippen MR) is 104 cm³/mol. The molecule has 3 aromatic rings. The van der Waals surface area contributed by atoms with Crippen LogP contribution in [0.15, 0.2) is 66.7 Å². The fraction of sp³-hybridized carbons (Fsp3) is 0. The molecule has 0 aliphatic carbocycles. The van der Waals surface area contributed by atoms with E-state index in [4.69, 9.17) is 27.9 Å². The van der Waals surface area contributed by atoms with Crippen molar-refractivity contribution in [3.05, 3.63) is 87.9 Å². The van der Waals surface area contributed by atoms with E-state index in [-0.39, 0.29) is 16.3 Å². The molecule has 136 valence electrons. The summed E-state index contributed by atoms with van der Waals surface area (Å²) in [5.74, 6) is -0.998. The van der Waals surface area contributed by atoms with Crippen molar-refractivity contribution >= 4 is 40.8 Å². The molecule has 0 saturated carbocycles. The minimum absolute atomic E-state index is 0.0659. The molecule has 5 nitrogen and oxygen atoms in total. The van der Waals surface area contributed by atoms with Crippen LogP contribution in [0.3, 0.4) is 0 Å². The molecule has 0 spiro atoms. The Labute approximate surface area is 165 Å². The first kappa shape index (κ1) is 18.8. The lowest BCUT2D eigenvalue weighted by Crippen LogP contribution is -2.14. The van der Waals surface area contributed by atoms with Crippen molar-refractivity contribution in [2.45, 2.75) is 0 Å². The number of ether oxygens (including phenoxy) is 1. The van der Waals surface area contributed by atoms with Crippen molar-refractivity contribution in [2.75, 3.05) is 5.32 Å². The van der Waals surface area contributed by atoms with Gasteiger partial charge in [-0.25, -0.2) is 4.79 Å². The summed E-state index contributed by atoms with van der Waals surface area (Å²) in [5, 5.41) is 12.5. The van der Waals surface area contributed by atoms with Gasteiger partial charge in [-0.05, 0) is 36.4 Å². The Kier molecular flexibility index (Phi) is 5.64. The molecule has 0 aliphatic heterocycles. The van der Waals surface area contributed by atoms with E-state index in [0.717, 1.165) is 0 Å². The molecule has 1 amide bonds. The van der Waals surface area contributed by atoms with Gasteiger partial charge in [0, 0.05) is 11.6 Å². The van der Waals surface area contributed by atoms with Crippen molar-refractivity contribution in [2.24, 2.45) is 0 Å². The number of aromatic carboxylic acids is 1. The first-order chi connectivity index (χ1) is 13.0. The SMILES string of the molecule is O=C(Nc1cc(Oc2cccc(Cl)c2Cl)ccc1C(=O)O)c1ccccc1. The highest BCUT2D eigenvalue weighted by molar-refractivity contribution is 6.42.